The van der Waals surface area contributed by atoms with Crippen LogP contribution in [0.3, 0.4) is 0 Å². The van der Waals surface area contributed by atoms with Crippen LogP contribution in [0.4, 0.5) is 38.3 Å². The van der Waals surface area contributed by atoms with Crippen molar-refractivity contribution in [1.82, 2.24) is 25.1 Å². The van der Waals surface area contributed by atoms with Crippen molar-refractivity contribution in [3.05, 3.63) is 65.0 Å². The van der Waals surface area contributed by atoms with Crippen LogP contribution in [-0.2, 0) is 22.5 Å². The molecule has 2 N–H and O–H groups in total. The maximum absolute atomic E-state index is 12.7. The van der Waals surface area contributed by atoms with Gasteiger partial charge in [-0.1, -0.05) is 0 Å². The quantitative estimate of drug-likeness (QED) is 0.318. The first-order valence-corrected chi connectivity index (χ1v) is 19.0. The molecule has 13 nitrogen and oxygen atoms in total. The van der Waals surface area contributed by atoms with Crippen LogP contribution in [0.1, 0.15) is 62.4 Å². The number of hydrogen-bond acceptors (Lipinski definition) is 10. The minimum atomic E-state index is -0.536. The van der Waals surface area contributed by atoms with E-state index in [2.05, 4.69) is 67.6 Å². The number of carbonyl (C=O) groups is 3. The monoisotopic (exact) mass is 723 g/mol. The average Bonchev–Trinajstić information content (AvgIpc) is 3.12. The maximum Gasteiger partial charge on any atom is 0.410 e. The Morgan fingerprint density at radius 2 is 1.62 bits per heavy atom. The third kappa shape index (κ3) is 8.67. The van der Waals surface area contributed by atoms with Crippen LogP contribution in [0, 0.1) is 19.8 Å². The highest BCUT2D eigenvalue weighted by atomic mass is 16.6. The molecule has 13 heteroatoms. The van der Waals surface area contributed by atoms with Gasteiger partial charge in [0.05, 0.1) is 12.2 Å². The third-order valence-corrected chi connectivity index (χ3v) is 10.8. The van der Waals surface area contributed by atoms with Gasteiger partial charge in [0, 0.05) is 94.3 Å². The number of fused-ring (bicyclic) bond motifs is 1. The second-order valence-corrected chi connectivity index (χ2v) is 15.9. The number of hydrogen-bond donors (Lipinski definition) is 2. The highest BCUT2D eigenvalue weighted by Crippen LogP contribution is 2.31. The Kier molecular flexibility index (Phi) is 10.5. The van der Waals surface area contributed by atoms with Gasteiger partial charge >= 0.3 is 12.1 Å². The second kappa shape index (κ2) is 15.2. The molecule has 4 aliphatic rings. The van der Waals surface area contributed by atoms with Crippen molar-refractivity contribution in [1.29, 1.82) is 0 Å². The first kappa shape index (κ1) is 36.4. The lowest BCUT2D eigenvalue weighted by Gasteiger charge is -2.40. The molecule has 0 unspecified atom stereocenters. The van der Waals surface area contributed by atoms with Crippen LogP contribution >= 0.6 is 0 Å². The zero-order valence-electron chi connectivity index (χ0n) is 31.8. The lowest BCUT2D eigenvalue weighted by molar-refractivity contribution is -0.120. The van der Waals surface area contributed by atoms with Crippen molar-refractivity contribution >= 4 is 46.7 Å². The number of benzene rings is 2. The number of nitrogens with one attached hydrogen (secondary N) is 2. The number of aryl methyl sites for hydroxylation is 2. The Bertz CT molecular complexity index is 1840. The predicted molar refractivity (Wildman–Crippen MR) is 207 cm³/mol. The fourth-order valence-corrected chi connectivity index (χ4v) is 7.91. The largest absolute Gasteiger partial charge is 0.444 e. The third-order valence-electron chi connectivity index (χ3n) is 10.8. The van der Waals surface area contributed by atoms with Gasteiger partial charge < -0.3 is 24.8 Å². The number of rotatable bonds is 7. The number of imide groups is 1. The molecular formula is C40H53N9O4. The number of carbonyl (C=O) groups excluding carboxylic acids is 3. The highest BCUT2D eigenvalue weighted by molar-refractivity contribution is 6.06. The molecule has 53 heavy (non-hydrogen) atoms. The van der Waals surface area contributed by atoms with Crippen LogP contribution in [0.2, 0.25) is 0 Å². The molecule has 3 aromatic rings. The van der Waals surface area contributed by atoms with Crippen molar-refractivity contribution in [2.24, 2.45) is 5.92 Å². The van der Waals surface area contributed by atoms with Crippen LogP contribution in [0.15, 0.2) is 42.6 Å². The SMILES string of the molecule is Cc1cc(Nc2ncc3c(n2)CN(C(=O)OC(C)(C)C)CC3)ccc1N1CCC(CN2CCN(c3ccc(N4CCC(=O)NC4=O)c(C)c3)CC2)CC1. The predicted octanol–water partition coefficient (Wildman–Crippen LogP) is 5.62. The van der Waals surface area contributed by atoms with Crippen LogP contribution < -0.4 is 25.3 Å². The Morgan fingerprint density at radius 1 is 0.887 bits per heavy atom. The van der Waals surface area contributed by atoms with E-state index in [4.69, 9.17) is 9.72 Å². The molecule has 3 fully saturated rings. The summed E-state index contributed by atoms with van der Waals surface area (Å²) in [6.45, 7) is 18.6. The van der Waals surface area contributed by atoms with E-state index >= 15 is 0 Å². The van der Waals surface area contributed by atoms with Gasteiger partial charge in [-0.2, -0.15) is 0 Å². The van der Waals surface area contributed by atoms with Gasteiger partial charge in [-0.15, -0.1) is 0 Å². The fourth-order valence-electron chi connectivity index (χ4n) is 7.91. The summed E-state index contributed by atoms with van der Waals surface area (Å²) >= 11 is 0. The van der Waals surface area contributed by atoms with Gasteiger partial charge in [-0.25, -0.2) is 19.6 Å². The van der Waals surface area contributed by atoms with Gasteiger partial charge in [-0.3, -0.25) is 19.9 Å². The van der Waals surface area contributed by atoms with Gasteiger partial charge in [0.2, 0.25) is 11.9 Å². The number of aromatic nitrogens is 2. The molecule has 4 amide bonds. The fraction of sp³-hybridized carbons (Fsp3) is 0.525. The van der Waals surface area contributed by atoms with Crippen molar-refractivity contribution < 1.29 is 19.1 Å². The topological polar surface area (TPSA) is 126 Å². The molecule has 0 radical (unpaired) electrons. The number of piperidine rings is 1. The zero-order valence-corrected chi connectivity index (χ0v) is 31.8. The van der Waals surface area contributed by atoms with Gasteiger partial charge in [0.15, 0.2) is 0 Å². The van der Waals surface area contributed by atoms with Crippen LogP contribution in [0.5, 0.6) is 0 Å². The van der Waals surface area contributed by atoms with E-state index in [-0.39, 0.29) is 18.0 Å². The lowest BCUT2D eigenvalue weighted by atomic mass is 9.95. The Labute approximate surface area is 312 Å². The van der Waals surface area contributed by atoms with E-state index in [9.17, 15) is 14.4 Å². The van der Waals surface area contributed by atoms with E-state index < -0.39 is 5.60 Å². The Hall–Kier alpha value is -4.91. The van der Waals surface area contributed by atoms with Crippen LogP contribution in [0.25, 0.3) is 0 Å². The first-order chi connectivity index (χ1) is 25.4. The van der Waals surface area contributed by atoms with Crippen molar-refractivity contribution in [3.63, 3.8) is 0 Å². The van der Waals surface area contributed by atoms with Crippen molar-refractivity contribution in [2.75, 3.05) is 78.9 Å². The second-order valence-electron chi connectivity index (χ2n) is 15.9. The molecule has 0 bridgehead atoms. The molecule has 282 valence electrons. The number of ether oxygens (including phenoxy) is 1. The van der Waals surface area contributed by atoms with Crippen molar-refractivity contribution in [3.8, 4) is 0 Å². The molecular weight excluding hydrogens is 670 g/mol. The Morgan fingerprint density at radius 3 is 2.32 bits per heavy atom. The van der Waals surface area contributed by atoms with E-state index in [0.29, 0.717) is 44.3 Å². The molecule has 7 rings (SSSR count). The molecule has 0 saturated carbocycles. The normalized spacial score (nSPS) is 18.9. The number of amides is 4. The Balaban J connectivity index is 0.869. The summed E-state index contributed by atoms with van der Waals surface area (Å²) in [7, 11) is 0. The van der Waals surface area contributed by atoms with Crippen molar-refractivity contribution in [2.45, 2.75) is 72.4 Å². The summed E-state index contributed by atoms with van der Waals surface area (Å²) in [5.41, 5.74) is 7.91. The minimum Gasteiger partial charge on any atom is -0.444 e. The van der Waals surface area contributed by atoms with Gasteiger partial charge in [-0.05, 0) is 113 Å². The summed E-state index contributed by atoms with van der Waals surface area (Å²) in [5, 5.41) is 5.80. The molecule has 0 atom stereocenters. The molecule has 0 spiro atoms. The zero-order chi connectivity index (χ0) is 37.3. The number of urea groups is 1. The first-order valence-electron chi connectivity index (χ1n) is 19.0. The summed E-state index contributed by atoms with van der Waals surface area (Å²) in [4.78, 5) is 56.9. The van der Waals surface area contributed by atoms with E-state index in [1.165, 1.54) is 29.8 Å². The molecule has 3 saturated heterocycles. The summed E-state index contributed by atoms with van der Waals surface area (Å²) in [6, 6.07) is 12.4. The summed E-state index contributed by atoms with van der Waals surface area (Å²) < 4.78 is 5.58. The van der Waals surface area contributed by atoms with E-state index in [0.717, 1.165) is 74.0 Å². The van der Waals surface area contributed by atoms with E-state index in [1.807, 2.05) is 40.0 Å². The molecule has 4 aliphatic heterocycles. The minimum absolute atomic E-state index is 0.214. The molecule has 2 aromatic carbocycles. The molecule has 0 aliphatic carbocycles. The lowest BCUT2D eigenvalue weighted by Crippen LogP contribution is -2.50. The van der Waals surface area contributed by atoms with Gasteiger partial charge in [0.25, 0.3) is 0 Å². The molecule has 1 aromatic heterocycles. The maximum atomic E-state index is 12.7. The van der Waals surface area contributed by atoms with E-state index in [1.54, 1.807) is 9.80 Å². The molecule has 5 heterocycles. The number of anilines is 5. The number of piperazine rings is 1. The summed E-state index contributed by atoms with van der Waals surface area (Å²) in [6.07, 6.45) is 4.95. The van der Waals surface area contributed by atoms with Crippen LogP contribution in [-0.4, -0.2) is 102 Å². The average molecular weight is 724 g/mol. The number of nitrogens with zero attached hydrogens (tertiary/aromatic N) is 7. The highest BCUT2D eigenvalue weighted by Gasteiger charge is 2.29. The smallest absolute Gasteiger partial charge is 0.410 e. The summed E-state index contributed by atoms with van der Waals surface area (Å²) in [5.74, 6) is 1.00. The van der Waals surface area contributed by atoms with Gasteiger partial charge in [0.1, 0.15) is 5.60 Å². The standard InChI is InChI=1S/C40H53N9O4/c1-27-22-31(42-37-41-24-30-12-16-48(26-33(30)43-37)39(52)53-40(3,4)5)6-8-34(27)47-14-10-29(11-15-47)25-45-18-20-46(21-19-45)32-7-9-35(28(2)23-32)49-17-13-36(50)44-38(49)51/h6-9,22-24,29H,10-21,25-26H2,1-5H3,(H,41,42,43)(H,44,50,51).